The molecule has 0 aromatic heterocycles. The summed E-state index contributed by atoms with van der Waals surface area (Å²) in [6.07, 6.45) is 0.370. The summed E-state index contributed by atoms with van der Waals surface area (Å²) in [5.41, 5.74) is 1.56. The Bertz CT molecular complexity index is 461. The molecule has 3 nitrogen and oxygen atoms in total. The molecule has 0 aliphatic carbocycles. The number of carbonyl (C=O) groups is 1. The lowest BCUT2D eigenvalue weighted by Gasteiger charge is -2.25. The smallest absolute Gasteiger partial charge is 0.224 e. The van der Waals surface area contributed by atoms with Crippen molar-refractivity contribution in [3.8, 4) is 6.07 Å². The van der Waals surface area contributed by atoms with Gasteiger partial charge in [0.05, 0.1) is 18.1 Å². The zero-order chi connectivity index (χ0) is 15.1. The number of hydrogen-bond donors (Lipinski definition) is 1. The van der Waals surface area contributed by atoms with Crippen LogP contribution >= 0.6 is 0 Å². The van der Waals surface area contributed by atoms with Crippen molar-refractivity contribution in [2.24, 2.45) is 17.8 Å². The lowest BCUT2D eigenvalue weighted by Crippen LogP contribution is -2.34. The highest BCUT2D eigenvalue weighted by Crippen LogP contribution is 2.19. The lowest BCUT2D eigenvalue weighted by molar-refractivity contribution is -0.120. The van der Waals surface area contributed by atoms with Crippen molar-refractivity contribution in [3.63, 3.8) is 0 Å². The normalized spacial score (nSPS) is 10.9. The molecule has 0 saturated heterocycles. The van der Waals surface area contributed by atoms with Gasteiger partial charge in [0, 0.05) is 6.54 Å². The van der Waals surface area contributed by atoms with Gasteiger partial charge in [-0.1, -0.05) is 39.8 Å². The molecule has 0 unspecified atom stereocenters. The average molecular weight is 272 g/mol. The zero-order valence-electron chi connectivity index (χ0n) is 12.8. The minimum absolute atomic E-state index is 0.0426. The molecule has 1 aromatic carbocycles. The molecule has 3 heteroatoms. The van der Waals surface area contributed by atoms with Gasteiger partial charge in [0.25, 0.3) is 0 Å². The van der Waals surface area contributed by atoms with Crippen molar-refractivity contribution in [2.75, 3.05) is 6.54 Å². The number of benzene rings is 1. The van der Waals surface area contributed by atoms with Gasteiger partial charge in [-0.05, 0) is 35.4 Å². The third-order valence-electron chi connectivity index (χ3n) is 3.70. The SMILES string of the molecule is CC(C)C(CNC(=O)Cc1ccc(C#N)cc1)C(C)C. The molecule has 0 spiro atoms. The molecule has 1 aromatic rings. The fraction of sp³-hybridized carbons (Fsp3) is 0.529. The van der Waals surface area contributed by atoms with Crippen LogP contribution < -0.4 is 5.32 Å². The molecular formula is C17H24N2O. The third kappa shape index (κ3) is 5.05. The summed E-state index contributed by atoms with van der Waals surface area (Å²) in [4.78, 5) is 11.9. The summed E-state index contributed by atoms with van der Waals surface area (Å²) in [7, 11) is 0. The van der Waals surface area contributed by atoms with Crippen LogP contribution in [0.3, 0.4) is 0 Å². The second kappa shape index (κ2) is 7.69. The average Bonchev–Trinajstić information content (AvgIpc) is 2.39. The molecule has 0 saturated carbocycles. The van der Waals surface area contributed by atoms with Gasteiger partial charge < -0.3 is 5.32 Å². The first-order valence-electron chi connectivity index (χ1n) is 7.19. The van der Waals surface area contributed by atoms with E-state index in [2.05, 4.69) is 39.1 Å². The van der Waals surface area contributed by atoms with Gasteiger partial charge in [-0.3, -0.25) is 4.79 Å². The van der Waals surface area contributed by atoms with Gasteiger partial charge in [-0.2, -0.15) is 5.26 Å². The van der Waals surface area contributed by atoms with E-state index in [1.54, 1.807) is 12.1 Å². The molecular weight excluding hydrogens is 248 g/mol. The topological polar surface area (TPSA) is 52.9 Å². The molecule has 0 radical (unpaired) electrons. The van der Waals surface area contributed by atoms with E-state index in [1.165, 1.54) is 0 Å². The van der Waals surface area contributed by atoms with Crippen LogP contribution in [0, 0.1) is 29.1 Å². The Labute approximate surface area is 122 Å². The molecule has 0 fully saturated rings. The Morgan fingerprint density at radius 2 is 1.70 bits per heavy atom. The minimum atomic E-state index is 0.0426. The minimum Gasteiger partial charge on any atom is -0.356 e. The maximum absolute atomic E-state index is 11.9. The van der Waals surface area contributed by atoms with Crippen molar-refractivity contribution in [1.82, 2.24) is 5.32 Å². The van der Waals surface area contributed by atoms with Crippen molar-refractivity contribution >= 4 is 5.91 Å². The maximum atomic E-state index is 11.9. The summed E-state index contributed by atoms with van der Waals surface area (Å²) in [5.74, 6) is 1.66. The van der Waals surface area contributed by atoms with Crippen molar-refractivity contribution < 1.29 is 4.79 Å². The summed E-state index contributed by atoms with van der Waals surface area (Å²) in [6.45, 7) is 9.49. The summed E-state index contributed by atoms with van der Waals surface area (Å²) in [6, 6.07) is 9.23. The van der Waals surface area contributed by atoms with Crippen LogP contribution in [-0.4, -0.2) is 12.5 Å². The fourth-order valence-corrected chi connectivity index (χ4v) is 2.42. The summed E-state index contributed by atoms with van der Waals surface area (Å²) < 4.78 is 0. The molecule has 0 bridgehead atoms. The summed E-state index contributed by atoms with van der Waals surface area (Å²) in [5, 5.41) is 11.7. The predicted molar refractivity (Wildman–Crippen MR) is 81.0 cm³/mol. The van der Waals surface area contributed by atoms with Gasteiger partial charge in [0.15, 0.2) is 0 Å². The van der Waals surface area contributed by atoms with Crippen LogP contribution in [-0.2, 0) is 11.2 Å². The number of nitriles is 1. The van der Waals surface area contributed by atoms with E-state index >= 15 is 0 Å². The highest BCUT2D eigenvalue weighted by molar-refractivity contribution is 5.78. The van der Waals surface area contributed by atoms with E-state index in [0.29, 0.717) is 29.7 Å². The highest BCUT2D eigenvalue weighted by Gasteiger charge is 2.18. The van der Waals surface area contributed by atoms with Crippen LogP contribution in [0.25, 0.3) is 0 Å². The Balaban J connectivity index is 2.49. The molecule has 0 heterocycles. The maximum Gasteiger partial charge on any atom is 0.224 e. The third-order valence-corrected chi connectivity index (χ3v) is 3.70. The second-order valence-corrected chi connectivity index (χ2v) is 5.94. The van der Waals surface area contributed by atoms with Crippen LogP contribution in [0.5, 0.6) is 0 Å². The molecule has 108 valence electrons. The molecule has 20 heavy (non-hydrogen) atoms. The number of rotatable bonds is 6. The molecule has 1 rings (SSSR count). The van der Waals surface area contributed by atoms with E-state index in [0.717, 1.165) is 12.1 Å². The Morgan fingerprint density at radius 1 is 1.15 bits per heavy atom. The van der Waals surface area contributed by atoms with Crippen LogP contribution in [0.1, 0.15) is 38.8 Å². The predicted octanol–water partition coefficient (Wildman–Crippen LogP) is 3.15. The quantitative estimate of drug-likeness (QED) is 0.865. The van der Waals surface area contributed by atoms with Crippen LogP contribution in [0.15, 0.2) is 24.3 Å². The van der Waals surface area contributed by atoms with Crippen molar-refractivity contribution in [1.29, 1.82) is 5.26 Å². The number of carbonyl (C=O) groups excluding carboxylic acids is 1. The monoisotopic (exact) mass is 272 g/mol. The standard InChI is InChI=1S/C17H24N2O/c1-12(2)16(13(3)4)11-19-17(20)9-14-5-7-15(10-18)8-6-14/h5-8,12-13,16H,9,11H2,1-4H3,(H,19,20). The molecule has 0 aliphatic heterocycles. The molecule has 0 atom stereocenters. The van der Waals surface area contributed by atoms with Gasteiger partial charge in [-0.25, -0.2) is 0 Å². The first-order chi connectivity index (χ1) is 9.43. The van der Waals surface area contributed by atoms with E-state index in [1.807, 2.05) is 12.1 Å². The van der Waals surface area contributed by atoms with Crippen LogP contribution in [0.4, 0.5) is 0 Å². The van der Waals surface area contributed by atoms with Gasteiger partial charge in [0.2, 0.25) is 5.91 Å². The Morgan fingerprint density at radius 3 is 2.15 bits per heavy atom. The fourth-order valence-electron chi connectivity index (χ4n) is 2.42. The molecule has 0 aliphatic rings. The molecule has 1 N–H and O–H groups in total. The Kier molecular flexibility index (Phi) is 6.24. The van der Waals surface area contributed by atoms with Crippen LogP contribution in [0.2, 0.25) is 0 Å². The van der Waals surface area contributed by atoms with Crippen molar-refractivity contribution in [3.05, 3.63) is 35.4 Å². The Hall–Kier alpha value is -1.82. The second-order valence-electron chi connectivity index (χ2n) is 5.94. The van der Waals surface area contributed by atoms with Gasteiger partial charge in [0.1, 0.15) is 0 Å². The lowest BCUT2D eigenvalue weighted by atomic mass is 9.85. The van der Waals surface area contributed by atoms with E-state index in [-0.39, 0.29) is 5.91 Å². The van der Waals surface area contributed by atoms with E-state index in [9.17, 15) is 4.79 Å². The highest BCUT2D eigenvalue weighted by atomic mass is 16.1. The van der Waals surface area contributed by atoms with Gasteiger partial charge in [-0.15, -0.1) is 0 Å². The van der Waals surface area contributed by atoms with E-state index < -0.39 is 0 Å². The largest absolute Gasteiger partial charge is 0.356 e. The summed E-state index contributed by atoms with van der Waals surface area (Å²) >= 11 is 0. The zero-order valence-corrected chi connectivity index (χ0v) is 12.8. The first-order valence-corrected chi connectivity index (χ1v) is 7.19. The number of amides is 1. The number of nitrogens with one attached hydrogen (secondary N) is 1. The number of hydrogen-bond acceptors (Lipinski definition) is 2. The first kappa shape index (κ1) is 16.2. The van der Waals surface area contributed by atoms with Crippen molar-refractivity contribution in [2.45, 2.75) is 34.1 Å². The number of nitrogens with zero attached hydrogens (tertiary/aromatic N) is 1. The van der Waals surface area contributed by atoms with Gasteiger partial charge >= 0.3 is 0 Å². The molecule has 1 amide bonds. The van der Waals surface area contributed by atoms with E-state index in [4.69, 9.17) is 5.26 Å².